The molecule has 0 radical (unpaired) electrons. The normalized spacial score (nSPS) is 12.6. The molecule has 7 heteroatoms. The number of aromatic nitrogens is 4. The third-order valence-electron chi connectivity index (χ3n) is 3.11. The van der Waals surface area contributed by atoms with Crippen LogP contribution in [0.3, 0.4) is 0 Å². The Morgan fingerprint density at radius 2 is 2.19 bits per heavy atom. The van der Waals surface area contributed by atoms with E-state index in [1.165, 1.54) is 4.68 Å². The van der Waals surface area contributed by atoms with Crippen molar-refractivity contribution >= 4 is 17.6 Å². The second-order valence-corrected chi connectivity index (χ2v) is 5.80. The predicted molar refractivity (Wildman–Crippen MR) is 78.8 cm³/mol. The maximum Gasteiger partial charge on any atom is 0.308 e. The van der Waals surface area contributed by atoms with Crippen LogP contribution in [0.2, 0.25) is 5.02 Å². The van der Waals surface area contributed by atoms with Crippen LogP contribution in [-0.2, 0) is 11.3 Å². The van der Waals surface area contributed by atoms with Crippen LogP contribution in [0.15, 0.2) is 24.3 Å². The molecule has 0 aliphatic heterocycles. The van der Waals surface area contributed by atoms with Crippen molar-refractivity contribution in [3.05, 3.63) is 29.3 Å². The number of tetrazole rings is 1. The summed E-state index contributed by atoms with van der Waals surface area (Å²) in [6, 6.07) is 7.16. The molecule has 0 amide bonds. The van der Waals surface area contributed by atoms with Gasteiger partial charge in [0, 0.05) is 10.6 Å². The molecule has 0 saturated carbocycles. The number of aliphatic carboxylic acids is 1. The maximum absolute atomic E-state index is 11.4. The summed E-state index contributed by atoms with van der Waals surface area (Å²) in [7, 11) is 0. The van der Waals surface area contributed by atoms with E-state index in [4.69, 9.17) is 11.6 Å². The van der Waals surface area contributed by atoms with Crippen molar-refractivity contribution in [2.24, 2.45) is 11.8 Å². The maximum atomic E-state index is 11.4. The molecule has 21 heavy (non-hydrogen) atoms. The second-order valence-electron chi connectivity index (χ2n) is 5.36. The second kappa shape index (κ2) is 6.67. The van der Waals surface area contributed by atoms with Crippen molar-refractivity contribution in [1.29, 1.82) is 0 Å². The minimum absolute atomic E-state index is 0.238. The van der Waals surface area contributed by atoms with Gasteiger partial charge in [-0.25, -0.2) is 4.68 Å². The number of carbonyl (C=O) groups is 1. The molecule has 1 atom stereocenters. The number of nitrogens with zero attached hydrogens (tertiary/aromatic N) is 4. The molecule has 6 nitrogen and oxygen atoms in total. The van der Waals surface area contributed by atoms with E-state index in [1.54, 1.807) is 18.2 Å². The summed E-state index contributed by atoms with van der Waals surface area (Å²) in [6.45, 7) is 4.23. The first kappa shape index (κ1) is 15.4. The minimum atomic E-state index is -0.837. The number of carboxylic acid groups (broad SMARTS) is 1. The zero-order valence-electron chi connectivity index (χ0n) is 11.9. The van der Waals surface area contributed by atoms with Gasteiger partial charge in [-0.15, -0.1) is 5.10 Å². The topological polar surface area (TPSA) is 80.9 Å². The number of halogens is 1. The van der Waals surface area contributed by atoms with Gasteiger partial charge in [-0.3, -0.25) is 4.79 Å². The molecular weight excluding hydrogens is 292 g/mol. The van der Waals surface area contributed by atoms with E-state index in [0.717, 1.165) is 5.56 Å². The number of rotatable bonds is 6. The van der Waals surface area contributed by atoms with Crippen LogP contribution >= 0.6 is 11.6 Å². The number of benzene rings is 1. The fraction of sp³-hybridized carbons (Fsp3) is 0.429. The molecule has 2 rings (SSSR count). The number of hydrogen-bond donors (Lipinski definition) is 1. The molecule has 1 N–H and O–H groups in total. The summed E-state index contributed by atoms with van der Waals surface area (Å²) >= 11 is 5.97. The largest absolute Gasteiger partial charge is 0.481 e. The minimum Gasteiger partial charge on any atom is -0.481 e. The van der Waals surface area contributed by atoms with Crippen molar-refractivity contribution in [3.8, 4) is 11.4 Å². The fourth-order valence-electron chi connectivity index (χ4n) is 2.19. The highest BCUT2D eigenvalue weighted by Gasteiger charge is 2.22. The third kappa shape index (κ3) is 4.01. The van der Waals surface area contributed by atoms with Crippen molar-refractivity contribution in [2.75, 3.05) is 0 Å². The number of carboxylic acids is 1. The summed E-state index contributed by atoms with van der Waals surface area (Å²) in [5.41, 5.74) is 0.765. The van der Waals surface area contributed by atoms with Crippen molar-refractivity contribution < 1.29 is 9.90 Å². The fourth-order valence-corrected chi connectivity index (χ4v) is 2.38. The van der Waals surface area contributed by atoms with Gasteiger partial charge in [0.1, 0.15) is 0 Å². The van der Waals surface area contributed by atoms with E-state index in [2.05, 4.69) is 15.5 Å². The monoisotopic (exact) mass is 308 g/mol. The molecule has 2 aromatic rings. The summed E-state index contributed by atoms with van der Waals surface area (Å²) in [6.07, 6.45) is 0.574. The lowest BCUT2D eigenvalue weighted by Gasteiger charge is -2.15. The lowest BCUT2D eigenvalue weighted by molar-refractivity contribution is -0.142. The smallest absolute Gasteiger partial charge is 0.308 e. The molecule has 112 valence electrons. The molecule has 1 heterocycles. The van der Waals surface area contributed by atoms with Crippen LogP contribution < -0.4 is 0 Å². The van der Waals surface area contributed by atoms with Crippen LogP contribution in [0, 0.1) is 11.8 Å². The van der Waals surface area contributed by atoms with Crippen LogP contribution in [0.1, 0.15) is 20.3 Å². The quantitative estimate of drug-likeness (QED) is 0.887. The Labute approximate surface area is 127 Å². The predicted octanol–water partition coefficient (Wildman–Crippen LogP) is 2.74. The van der Waals surface area contributed by atoms with Gasteiger partial charge in [-0.2, -0.15) is 0 Å². The average molecular weight is 309 g/mol. The molecule has 1 aromatic carbocycles. The third-order valence-corrected chi connectivity index (χ3v) is 3.35. The summed E-state index contributed by atoms with van der Waals surface area (Å²) in [5, 5.41) is 21.4. The summed E-state index contributed by atoms with van der Waals surface area (Å²) in [4.78, 5) is 11.4. The molecule has 1 unspecified atom stereocenters. The lowest BCUT2D eigenvalue weighted by atomic mass is 9.97. The molecule has 0 aliphatic carbocycles. The van der Waals surface area contributed by atoms with Gasteiger partial charge in [-0.05, 0) is 34.9 Å². The van der Waals surface area contributed by atoms with Crippen LogP contribution in [0.5, 0.6) is 0 Å². The van der Waals surface area contributed by atoms with Gasteiger partial charge in [0.05, 0.1) is 12.5 Å². The molecule has 0 aliphatic rings. The van der Waals surface area contributed by atoms with Crippen LogP contribution in [0.4, 0.5) is 0 Å². The van der Waals surface area contributed by atoms with E-state index >= 15 is 0 Å². The summed E-state index contributed by atoms with van der Waals surface area (Å²) in [5.74, 6) is -0.549. The van der Waals surface area contributed by atoms with Crippen molar-refractivity contribution in [2.45, 2.75) is 26.8 Å². The van der Waals surface area contributed by atoms with Gasteiger partial charge < -0.3 is 5.11 Å². The highest BCUT2D eigenvalue weighted by atomic mass is 35.5. The van der Waals surface area contributed by atoms with Crippen molar-refractivity contribution in [1.82, 2.24) is 20.2 Å². The molecule has 0 bridgehead atoms. The Kier molecular flexibility index (Phi) is 4.90. The zero-order valence-corrected chi connectivity index (χ0v) is 12.7. The van der Waals surface area contributed by atoms with Crippen LogP contribution in [0.25, 0.3) is 11.4 Å². The van der Waals surface area contributed by atoms with Gasteiger partial charge in [0.25, 0.3) is 0 Å². The van der Waals surface area contributed by atoms with Crippen molar-refractivity contribution in [3.63, 3.8) is 0 Å². The SMILES string of the molecule is CC(C)CC(Cn1nnnc1-c1cccc(Cl)c1)C(=O)O. The van der Waals surface area contributed by atoms with Gasteiger partial charge in [0.15, 0.2) is 5.82 Å². The average Bonchev–Trinajstić information content (AvgIpc) is 2.85. The van der Waals surface area contributed by atoms with E-state index in [-0.39, 0.29) is 12.5 Å². The molecule has 1 aromatic heterocycles. The van der Waals surface area contributed by atoms with Crippen LogP contribution in [-0.4, -0.2) is 31.3 Å². The number of hydrogen-bond acceptors (Lipinski definition) is 4. The molecule has 0 spiro atoms. The van der Waals surface area contributed by atoms with Gasteiger partial charge in [0.2, 0.25) is 0 Å². The highest BCUT2D eigenvalue weighted by Crippen LogP contribution is 2.22. The van der Waals surface area contributed by atoms with E-state index in [1.807, 2.05) is 19.9 Å². The Bertz CT molecular complexity index is 627. The van der Waals surface area contributed by atoms with E-state index in [9.17, 15) is 9.90 Å². The lowest BCUT2D eigenvalue weighted by Crippen LogP contribution is -2.23. The molecular formula is C14H17ClN4O2. The van der Waals surface area contributed by atoms with Gasteiger partial charge >= 0.3 is 5.97 Å². The summed E-state index contributed by atoms with van der Waals surface area (Å²) < 4.78 is 1.52. The first-order chi connectivity index (χ1) is 9.97. The van der Waals surface area contributed by atoms with E-state index < -0.39 is 11.9 Å². The first-order valence-corrected chi connectivity index (χ1v) is 7.10. The van der Waals surface area contributed by atoms with E-state index in [0.29, 0.717) is 17.3 Å². The van der Waals surface area contributed by atoms with Gasteiger partial charge in [-0.1, -0.05) is 37.6 Å². The molecule has 0 fully saturated rings. The Hall–Kier alpha value is -1.95. The standard InChI is InChI=1S/C14H17ClN4O2/c1-9(2)6-11(14(20)21)8-19-13(16-17-18-19)10-4-3-5-12(15)7-10/h3-5,7,9,11H,6,8H2,1-2H3,(H,20,21). The Balaban J connectivity index is 2.25. The zero-order chi connectivity index (χ0) is 15.4. The Morgan fingerprint density at radius 1 is 1.43 bits per heavy atom. The highest BCUT2D eigenvalue weighted by molar-refractivity contribution is 6.30. The molecule has 0 saturated heterocycles. The first-order valence-electron chi connectivity index (χ1n) is 6.72. The Morgan fingerprint density at radius 3 is 2.81 bits per heavy atom.